The zero-order valence-corrected chi connectivity index (χ0v) is 18.3. The van der Waals surface area contributed by atoms with Crippen LogP contribution in [0.25, 0.3) is 0 Å². The Morgan fingerprint density at radius 3 is 2.50 bits per heavy atom. The second kappa shape index (κ2) is 9.20. The van der Waals surface area contributed by atoms with Crippen LogP contribution >= 0.6 is 12.4 Å². The van der Waals surface area contributed by atoms with E-state index in [9.17, 15) is 19.4 Å². The second-order valence-corrected chi connectivity index (χ2v) is 8.25. The third kappa shape index (κ3) is 5.41. The molecule has 1 aliphatic heterocycles. The first-order valence-corrected chi connectivity index (χ1v) is 9.54. The van der Waals surface area contributed by atoms with Crippen LogP contribution in [0.3, 0.4) is 0 Å². The quantitative estimate of drug-likeness (QED) is 0.553. The van der Waals surface area contributed by atoms with Crippen molar-refractivity contribution >= 4 is 24.0 Å². The van der Waals surface area contributed by atoms with Gasteiger partial charge in [-0.3, -0.25) is 4.79 Å². The number of hydrogen-bond acceptors (Lipinski definition) is 5. The number of ether oxygens (including phenoxy) is 1. The molecule has 2 aromatic rings. The van der Waals surface area contributed by atoms with Gasteiger partial charge in [0.05, 0.1) is 11.8 Å². The van der Waals surface area contributed by atoms with Gasteiger partial charge in [-0.25, -0.2) is 4.39 Å². The number of amides is 1. The maximum Gasteiger partial charge on any atom is 0.262 e. The topological polar surface area (TPSA) is 90.8 Å². The van der Waals surface area contributed by atoms with E-state index in [0.717, 1.165) is 5.56 Å². The zero-order valence-electron chi connectivity index (χ0n) is 17.5. The number of hydrogen-bond donors (Lipinski definition) is 4. The van der Waals surface area contributed by atoms with Crippen molar-refractivity contribution in [1.29, 1.82) is 0 Å². The van der Waals surface area contributed by atoms with Crippen molar-refractivity contribution in [2.24, 2.45) is 0 Å². The molecule has 1 heterocycles. The van der Waals surface area contributed by atoms with Gasteiger partial charge in [0.1, 0.15) is 17.3 Å². The normalized spacial score (nSPS) is 14.3. The lowest BCUT2D eigenvalue weighted by Gasteiger charge is -2.29. The largest absolute Gasteiger partial charge is 0.508 e. The molecule has 6 nitrogen and oxygen atoms in total. The molecule has 30 heavy (non-hydrogen) atoms. The predicted octanol–water partition coefficient (Wildman–Crippen LogP) is 3.55. The summed E-state index contributed by atoms with van der Waals surface area (Å²) in [7, 11) is 0. The minimum absolute atomic E-state index is 0. The van der Waals surface area contributed by atoms with Crippen LogP contribution in [-0.2, 0) is 11.2 Å². The summed E-state index contributed by atoms with van der Waals surface area (Å²) in [6.45, 7) is 7.57. The molecule has 8 heteroatoms. The number of aryl methyl sites for hydroxylation is 2. The van der Waals surface area contributed by atoms with Gasteiger partial charge < -0.3 is 25.6 Å². The van der Waals surface area contributed by atoms with Crippen molar-refractivity contribution in [3.8, 4) is 11.5 Å². The summed E-state index contributed by atoms with van der Waals surface area (Å²) in [5.74, 6) is -0.206. The predicted molar refractivity (Wildman–Crippen MR) is 116 cm³/mol. The van der Waals surface area contributed by atoms with Crippen molar-refractivity contribution in [3.63, 3.8) is 0 Å². The smallest absolute Gasteiger partial charge is 0.262 e. The minimum Gasteiger partial charge on any atom is -0.508 e. The molecule has 1 amide bonds. The van der Waals surface area contributed by atoms with Crippen LogP contribution in [-0.4, -0.2) is 34.8 Å². The third-order valence-electron chi connectivity index (χ3n) is 5.00. The Morgan fingerprint density at radius 1 is 1.23 bits per heavy atom. The molecule has 0 spiro atoms. The lowest BCUT2D eigenvalue weighted by Crippen LogP contribution is -2.43. The van der Waals surface area contributed by atoms with Crippen molar-refractivity contribution in [3.05, 3.63) is 52.3 Å². The summed E-state index contributed by atoms with van der Waals surface area (Å²) in [4.78, 5) is 11.5. The van der Waals surface area contributed by atoms with Gasteiger partial charge in [0.25, 0.3) is 5.91 Å². The van der Waals surface area contributed by atoms with E-state index in [2.05, 4.69) is 10.6 Å². The van der Waals surface area contributed by atoms with Crippen LogP contribution in [0.5, 0.6) is 11.5 Å². The molecule has 0 fully saturated rings. The van der Waals surface area contributed by atoms with Gasteiger partial charge in [-0.1, -0.05) is 12.1 Å². The first kappa shape index (κ1) is 23.9. The molecule has 0 saturated carbocycles. The zero-order chi connectivity index (χ0) is 21.3. The highest BCUT2D eigenvalue weighted by Gasteiger charge is 2.26. The molecule has 1 aliphatic rings. The van der Waals surface area contributed by atoms with Gasteiger partial charge in [-0.2, -0.15) is 0 Å². The number of anilines is 1. The molecule has 4 N–H and O–H groups in total. The standard InChI is InChI=1S/C22H27FN2O4.ClH/c1-12-5-14(6-13(2)20(12)23)9-22(3,4)24-10-18(27)16-7-15(26)8-17-21(16)29-11-19(28)25-17;/h5-8,18,24,26-27H,9-11H2,1-4H3,(H,25,28);1H. The fraction of sp³-hybridized carbons (Fsp3) is 0.409. The molecular weight excluding hydrogens is 411 g/mol. The Morgan fingerprint density at radius 2 is 1.87 bits per heavy atom. The summed E-state index contributed by atoms with van der Waals surface area (Å²) < 4.78 is 19.3. The molecule has 0 aromatic heterocycles. The number of β-amino-alcohol motifs (C(OH)–C–C–N with tert-alkyl or cyclic N) is 1. The lowest BCUT2D eigenvalue weighted by molar-refractivity contribution is -0.118. The first-order chi connectivity index (χ1) is 13.6. The number of fused-ring (bicyclic) bond motifs is 1. The van der Waals surface area contributed by atoms with Crippen molar-refractivity contribution in [1.82, 2.24) is 5.32 Å². The average molecular weight is 439 g/mol. The summed E-state index contributed by atoms with van der Waals surface area (Å²) >= 11 is 0. The maximum absolute atomic E-state index is 13.9. The minimum atomic E-state index is -0.957. The molecule has 0 aliphatic carbocycles. The molecular formula is C22H28ClFN2O4. The fourth-order valence-electron chi connectivity index (χ4n) is 3.65. The maximum atomic E-state index is 13.9. The van der Waals surface area contributed by atoms with Crippen LogP contribution in [0.1, 0.15) is 42.2 Å². The summed E-state index contributed by atoms with van der Waals surface area (Å²) in [5, 5.41) is 26.6. The van der Waals surface area contributed by atoms with E-state index in [-0.39, 0.29) is 48.6 Å². The Hall–Kier alpha value is -2.35. The molecule has 3 rings (SSSR count). The number of benzene rings is 2. The van der Waals surface area contributed by atoms with E-state index in [1.54, 1.807) is 13.8 Å². The van der Waals surface area contributed by atoms with Gasteiger partial charge in [0.15, 0.2) is 6.61 Å². The average Bonchev–Trinajstić information content (AvgIpc) is 2.62. The Kier molecular flexibility index (Phi) is 7.34. The Balaban J connectivity index is 0.00000320. The number of carbonyl (C=O) groups excluding carboxylic acids is 1. The lowest BCUT2D eigenvalue weighted by atomic mass is 9.92. The number of phenols is 1. The number of halogens is 2. The van der Waals surface area contributed by atoms with Crippen LogP contribution in [0.2, 0.25) is 0 Å². The number of nitrogens with one attached hydrogen (secondary N) is 2. The van der Waals surface area contributed by atoms with Crippen LogP contribution in [0.4, 0.5) is 10.1 Å². The highest BCUT2D eigenvalue weighted by atomic mass is 35.5. The molecule has 0 radical (unpaired) electrons. The number of phenolic OH excluding ortho intramolecular Hbond substituents is 1. The molecule has 164 valence electrons. The van der Waals surface area contributed by atoms with E-state index < -0.39 is 6.10 Å². The van der Waals surface area contributed by atoms with Gasteiger partial charge in [-0.05, 0) is 56.9 Å². The Labute approximate surface area is 181 Å². The van der Waals surface area contributed by atoms with Crippen molar-refractivity contribution in [2.45, 2.75) is 45.8 Å². The summed E-state index contributed by atoms with van der Waals surface area (Å²) in [6, 6.07) is 6.50. The molecule has 1 atom stereocenters. The number of aliphatic hydroxyl groups is 1. The fourth-order valence-corrected chi connectivity index (χ4v) is 3.65. The first-order valence-electron chi connectivity index (χ1n) is 9.54. The molecule has 0 bridgehead atoms. The van der Waals surface area contributed by atoms with Crippen LogP contribution < -0.4 is 15.4 Å². The second-order valence-electron chi connectivity index (χ2n) is 8.25. The number of aromatic hydroxyl groups is 1. The van der Waals surface area contributed by atoms with E-state index in [1.807, 2.05) is 26.0 Å². The number of rotatable bonds is 6. The molecule has 0 saturated heterocycles. The highest BCUT2D eigenvalue weighted by molar-refractivity contribution is 5.96. The summed E-state index contributed by atoms with van der Waals surface area (Å²) in [5.41, 5.74) is 2.60. The molecule has 1 unspecified atom stereocenters. The monoisotopic (exact) mass is 438 g/mol. The highest BCUT2D eigenvalue weighted by Crippen LogP contribution is 2.38. The van der Waals surface area contributed by atoms with E-state index in [0.29, 0.717) is 34.5 Å². The van der Waals surface area contributed by atoms with E-state index in [1.165, 1.54) is 12.1 Å². The van der Waals surface area contributed by atoms with Gasteiger partial charge in [0.2, 0.25) is 0 Å². The van der Waals surface area contributed by atoms with Crippen LogP contribution in [0, 0.1) is 19.7 Å². The van der Waals surface area contributed by atoms with Crippen LogP contribution in [0.15, 0.2) is 24.3 Å². The van der Waals surface area contributed by atoms with Gasteiger partial charge in [0, 0.05) is 23.7 Å². The van der Waals surface area contributed by atoms with E-state index in [4.69, 9.17) is 4.74 Å². The van der Waals surface area contributed by atoms with Gasteiger partial charge in [-0.15, -0.1) is 12.4 Å². The van der Waals surface area contributed by atoms with Crippen molar-refractivity contribution in [2.75, 3.05) is 18.5 Å². The number of aliphatic hydroxyl groups excluding tert-OH is 1. The molecule has 2 aromatic carbocycles. The van der Waals surface area contributed by atoms with Gasteiger partial charge >= 0.3 is 0 Å². The Bertz CT molecular complexity index is 926. The number of carbonyl (C=O) groups is 1. The SMILES string of the molecule is Cc1cc(CC(C)(C)NCC(O)c2cc(O)cc3c2OCC(=O)N3)cc(C)c1F.Cl. The van der Waals surface area contributed by atoms with E-state index >= 15 is 0 Å². The van der Waals surface area contributed by atoms with Crippen molar-refractivity contribution < 1.29 is 24.1 Å². The summed E-state index contributed by atoms with van der Waals surface area (Å²) in [6.07, 6.45) is -0.311. The third-order valence-corrected chi connectivity index (χ3v) is 5.00.